The number of piperazine rings is 1. The van der Waals surface area contributed by atoms with E-state index in [0.717, 1.165) is 83.1 Å². The quantitative estimate of drug-likeness (QED) is 0.698. The minimum absolute atomic E-state index is 0.116. The van der Waals surface area contributed by atoms with Gasteiger partial charge in [0.1, 0.15) is 5.82 Å². The first-order valence-corrected chi connectivity index (χ1v) is 11.4. The van der Waals surface area contributed by atoms with Crippen molar-refractivity contribution in [3.8, 4) is 0 Å². The number of anilines is 1. The molecule has 0 radical (unpaired) electrons. The topological polar surface area (TPSA) is 26.8 Å². The number of rotatable bonds is 5. The van der Waals surface area contributed by atoms with Gasteiger partial charge in [-0.3, -0.25) is 9.69 Å². The van der Waals surface area contributed by atoms with Gasteiger partial charge in [0.05, 0.1) is 5.69 Å². The van der Waals surface area contributed by atoms with Gasteiger partial charge in [-0.1, -0.05) is 17.7 Å². The first kappa shape index (κ1) is 20.4. The van der Waals surface area contributed by atoms with Crippen molar-refractivity contribution in [2.24, 2.45) is 5.92 Å². The Hall–Kier alpha value is -1.88. The number of para-hydroxylation sites is 1. The number of carbonyl (C=O) groups is 1. The number of amides is 1. The number of nitrogens with zero attached hydrogens (tertiary/aromatic N) is 3. The molecule has 5 heteroatoms. The third-order valence-corrected chi connectivity index (χ3v) is 6.91. The molecular formula is C24H34FN3O. The molecule has 0 N–H and O–H groups in total. The van der Waals surface area contributed by atoms with Crippen molar-refractivity contribution in [1.29, 1.82) is 0 Å². The molecule has 1 aromatic carbocycles. The van der Waals surface area contributed by atoms with Gasteiger partial charge >= 0.3 is 0 Å². The second-order valence-corrected chi connectivity index (χ2v) is 8.85. The SMILES string of the molecule is O=C(C=C1CCC(CCN2CCN(c3ccccc3F)CC2)CC1)N1CCCC1. The minimum Gasteiger partial charge on any atom is -0.367 e. The summed E-state index contributed by atoms with van der Waals surface area (Å²) in [7, 11) is 0. The van der Waals surface area contributed by atoms with Gasteiger partial charge in [-0.25, -0.2) is 4.39 Å². The lowest BCUT2D eigenvalue weighted by molar-refractivity contribution is -0.125. The highest BCUT2D eigenvalue weighted by Gasteiger charge is 2.23. The van der Waals surface area contributed by atoms with Gasteiger partial charge in [0.25, 0.3) is 0 Å². The van der Waals surface area contributed by atoms with Crippen LogP contribution in [0.25, 0.3) is 0 Å². The van der Waals surface area contributed by atoms with Crippen LogP contribution in [0.4, 0.5) is 10.1 Å². The highest BCUT2D eigenvalue weighted by molar-refractivity contribution is 5.88. The van der Waals surface area contributed by atoms with Crippen LogP contribution in [0.2, 0.25) is 0 Å². The molecular weight excluding hydrogens is 365 g/mol. The van der Waals surface area contributed by atoms with Crippen molar-refractivity contribution in [2.45, 2.75) is 44.9 Å². The second-order valence-electron chi connectivity index (χ2n) is 8.85. The third kappa shape index (κ3) is 5.39. The fourth-order valence-corrected chi connectivity index (χ4v) is 4.97. The largest absolute Gasteiger partial charge is 0.367 e. The maximum atomic E-state index is 14.0. The molecule has 0 atom stereocenters. The smallest absolute Gasteiger partial charge is 0.246 e. The standard InChI is InChI=1S/C24H34FN3O/c25-22-5-1-2-6-23(22)27-17-15-26(16-18-27)14-11-20-7-9-21(10-8-20)19-24(29)28-12-3-4-13-28/h1-2,5-6,19-20H,3-4,7-18H2. The molecule has 2 heterocycles. The third-order valence-electron chi connectivity index (χ3n) is 6.91. The Morgan fingerprint density at radius 2 is 1.69 bits per heavy atom. The zero-order valence-electron chi connectivity index (χ0n) is 17.5. The van der Waals surface area contributed by atoms with Crippen molar-refractivity contribution in [3.05, 3.63) is 41.7 Å². The average Bonchev–Trinajstić information content (AvgIpc) is 3.29. The monoisotopic (exact) mass is 399 g/mol. The van der Waals surface area contributed by atoms with E-state index in [4.69, 9.17) is 0 Å². The summed E-state index contributed by atoms with van der Waals surface area (Å²) in [6.07, 6.45) is 10.1. The molecule has 3 aliphatic rings. The van der Waals surface area contributed by atoms with Crippen LogP contribution >= 0.6 is 0 Å². The predicted octanol–water partition coefficient (Wildman–Crippen LogP) is 4.08. The molecule has 0 unspecified atom stereocenters. The van der Waals surface area contributed by atoms with Crippen LogP contribution in [0.5, 0.6) is 0 Å². The molecule has 4 nitrogen and oxygen atoms in total. The number of likely N-dealkylation sites (tertiary alicyclic amines) is 1. The predicted molar refractivity (Wildman–Crippen MR) is 116 cm³/mol. The fourth-order valence-electron chi connectivity index (χ4n) is 4.97. The van der Waals surface area contributed by atoms with Gasteiger partial charge in [0.2, 0.25) is 5.91 Å². The van der Waals surface area contributed by atoms with Crippen molar-refractivity contribution >= 4 is 11.6 Å². The van der Waals surface area contributed by atoms with E-state index in [0.29, 0.717) is 0 Å². The molecule has 158 valence electrons. The molecule has 1 aromatic rings. The first-order valence-electron chi connectivity index (χ1n) is 11.4. The van der Waals surface area contributed by atoms with Crippen LogP contribution in [-0.2, 0) is 4.79 Å². The molecule has 0 aromatic heterocycles. The van der Waals surface area contributed by atoms with E-state index in [1.165, 1.54) is 24.8 Å². The molecule has 29 heavy (non-hydrogen) atoms. The summed E-state index contributed by atoms with van der Waals surface area (Å²) < 4.78 is 14.0. The van der Waals surface area contributed by atoms with Crippen molar-refractivity contribution in [2.75, 3.05) is 50.7 Å². The molecule has 1 amide bonds. The Morgan fingerprint density at radius 3 is 2.38 bits per heavy atom. The van der Waals surface area contributed by atoms with E-state index in [-0.39, 0.29) is 11.7 Å². The Labute approximate surface area is 174 Å². The van der Waals surface area contributed by atoms with E-state index < -0.39 is 0 Å². The highest BCUT2D eigenvalue weighted by atomic mass is 19.1. The average molecular weight is 400 g/mol. The summed E-state index contributed by atoms with van der Waals surface area (Å²) in [5.74, 6) is 0.900. The number of hydrogen-bond acceptors (Lipinski definition) is 3. The summed E-state index contributed by atoms with van der Waals surface area (Å²) in [6, 6.07) is 7.09. The van der Waals surface area contributed by atoms with E-state index in [9.17, 15) is 9.18 Å². The number of benzene rings is 1. The minimum atomic E-state index is -0.116. The Morgan fingerprint density at radius 1 is 1.00 bits per heavy atom. The van der Waals surface area contributed by atoms with Crippen LogP contribution in [0.3, 0.4) is 0 Å². The number of hydrogen-bond donors (Lipinski definition) is 0. The van der Waals surface area contributed by atoms with E-state index in [1.54, 1.807) is 12.1 Å². The number of allylic oxidation sites excluding steroid dienone is 1. The summed E-state index contributed by atoms with van der Waals surface area (Å²) >= 11 is 0. The van der Waals surface area contributed by atoms with Crippen LogP contribution in [0.1, 0.15) is 44.9 Å². The molecule has 1 aliphatic carbocycles. The fraction of sp³-hybridized carbons (Fsp3) is 0.625. The second kappa shape index (κ2) is 9.75. The van der Waals surface area contributed by atoms with Gasteiger partial charge in [-0.05, 0) is 69.5 Å². The van der Waals surface area contributed by atoms with E-state index >= 15 is 0 Å². The first-order chi connectivity index (χ1) is 14.2. The number of carbonyl (C=O) groups excluding carboxylic acids is 1. The lowest BCUT2D eigenvalue weighted by Gasteiger charge is -2.37. The van der Waals surface area contributed by atoms with Crippen molar-refractivity contribution in [1.82, 2.24) is 9.80 Å². The molecule has 0 bridgehead atoms. The molecule has 2 saturated heterocycles. The van der Waals surface area contributed by atoms with Gasteiger partial charge in [-0.2, -0.15) is 0 Å². The molecule has 4 rings (SSSR count). The summed E-state index contributed by atoms with van der Waals surface area (Å²) in [6.45, 7) is 6.84. The van der Waals surface area contributed by atoms with Crippen LogP contribution in [0, 0.1) is 11.7 Å². The zero-order chi connectivity index (χ0) is 20.1. The maximum Gasteiger partial charge on any atom is 0.246 e. The molecule has 0 spiro atoms. The van der Waals surface area contributed by atoms with Gasteiger partial charge in [0.15, 0.2) is 0 Å². The van der Waals surface area contributed by atoms with Crippen LogP contribution < -0.4 is 4.90 Å². The Bertz CT molecular complexity index is 711. The molecule has 2 aliphatic heterocycles. The van der Waals surface area contributed by atoms with E-state index in [1.807, 2.05) is 23.1 Å². The van der Waals surface area contributed by atoms with Gasteiger partial charge in [-0.15, -0.1) is 0 Å². The maximum absolute atomic E-state index is 14.0. The number of halogens is 1. The van der Waals surface area contributed by atoms with Crippen LogP contribution in [0.15, 0.2) is 35.9 Å². The normalized spacial score (nSPS) is 23.5. The summed E-state index contributed by atoms with van der Waals surface area (Å²) in [5, 5.41) is 0. The van der Waals surface area contributed by atoms with E-state index in [2.05, 4.69) is 9.80 Å². The highest BCUT2D eigenvalue weighted by Crippen LogP contribution is 2.31. The lowest BCUT2D eigenvalue weighted by Crippen LogP contribution is -2.47. The molecule has 3 fully saturated rings. The summed E-state index contributed by atoms with van der Waals surface area (Å²) in [4.78, 5) is 19.0. The van der Waals surface area contributed by atoms with Crippen molar-refractivity contribution < 1.29 is 9.18 Å². The van der Waals surface area contributed by atoms with Crippen molar-refractivity contribution in [3.63, 3.8) is 0 Å². The lowest BCUT2D eigenvalue weighted by atomic mass is 9.83. The van der Waals surface area contributed by atoms with Crippen LogP contribution in [-0.4, -0.2) is 61.5 Å². The van der Waals surface area contributed by atoms with Gasteiger partial charge in [0, 0.05) is 45.3 Å². The molecule has 1 saturated carbocycles. The zero-order valence-corrected chi connectivity index (χ0v) is 17.5. The Kier molecular flexibility index (Phi) is 6.86. The Balaban J connectivity index is 1.16. The summed E-state index contributed by atoms with van der Waals surface area (Å²) in [5.41, 5.74) is 2.10. The van der Waals surface area contributed by atoms with Gasteiger partial charge < -0.3 is 9.80 Å².